The highest BCUT2D eigenvalue weighted by molar-refractivity contribution is 7.23. The summed E-state index contributed by atoms with van der Waals surface area (Å²) in [6.45, 7) is 16.2. The Kier molecular flexibility index (Phi) is 9.83. The lowest BCUT2D eigenvalue weighted by atomic mass is 9.93. The molecule has 1 amide bonds. The Labute approximate surface area is 295 Å². The number of nitrogens with two attached hydrogens (primary N) is 1. The predicted octanol–water partition coefficient (Wildman–Crippen LogP) is 7.04. The van der Waals surface area contributed by atoms with Gasteiger partial charge in [-0.05, 0) is 57.5 Å². The van der Waals surface area contributed by atoms with Crippen LogP contribution in [0.25, 0.3) is 37.0 Å². The molecule has 6 rings (SSSR count). The second kappa shape index (κ2) is 13.9. The van der Waals surface area contributed by atoms with Gasteiger partial charge in [-0.2, -0.15) is 23.1 Å². The molecule has 2 fully saturated rings. The van der Waals surface area contributed by atoms with Crippen molar-refractivity contribution in [3.63, 3.8) is 0 Å². The summed E-state index contributed by atoms with van der Waals surface area (Å²) in [6, 6.07) is 1.57. The van der Waals surface area contributed by atoms with Gasteiger partial charge in [0, 0.05) is 55.2 Å². The number of fused-ring (bicyclic) bond motifs is 2. The average molecular weight is 730 g/mol. The molecule has 1 unspecified atom stereocenters. The van der Waals surface area contributed by atoms with Crippen LogP contribution in [0.2, 0.25) is 0 Å². The first-order valence-electron chi connectivity index (χ1n) is 16.3. The molecule has 2 saturated heterocycles. The van der Waals surface area contributed by atoms with E-state index < -0.39 is 46.5 Å². The lowest BCUT2D eigenvalue weighted by Crippen LogP contribution is -2.45. The maximum atomic E-state index is 17.2. The molecular weight excluding hydrogens is 693 g/mol. The van der Waals surface area contributed by atoms with Crippen molar-refractivity contribution >= 4 is 54.7 Å². The number of carbonyl (C=O) groups excluding carboxylic acids is 1. The Bertz CT molecular complexity index is 2070. The van der Waals surface area contributed by atoms with E-state index >= 15 is 17.6 Å². The minimum Gasteiger partial charge on any atom is -0.462 e. The summed E-state index contributed by atoms with van der Waals surface area (Å²) in [7, 11) is 3.52. The first kappa shape index (κ1) is 36.2. The van der Waals surface area contributed by atoms with Crippen LogP contribution in [0, 0.1) is 18.2 Å². The number of halogens is 5. The van der Waals surface area contributed by atoms with E-state index in [0.29, 0.717) is 37.3 Å². The number of likely N-dealkylation sites (tertiary alicyclic amines) is 2. The minimum absolute atomic E-state index is 0.00127. The van der Waals surface area contributed by atoms with Gasteiger partial charge in [-0.3, -0.25) is 9.69 Å². The van der Waals surface area contributed by atoms with Crippen LogP contribution < -0.4 is 15.4 Å². The molecule has 2 aliphatic heterocycles. The first-order valence-corrected chi connectivity index (χ1v) is 17.1. The fourth-order valence-corrected chi connectivity index (χ4v) is 8.27. The van der Waals surface area contributed by atoms with Gasteiger partial charge in [-0.1, -0.05) is 12.6 Å². The number of anilines is 2. The van der Waals surface area contributed by atoms with Crippen LogP contribution in [0.3, 0.4) is 0 Å². The summed E-state index contributed by atoms with van der Waals surface area (Å²) in [5, 5.41) is -0.562. The lowest BCUT2D eigenvalue weighted by molar-refractivity contribution is -0.137. The molecule has 2 aromatic heterocycles. The van der Waals surface area contributed by atoms with Crippen molar-refractivity contribution in [2.45, 2.75) is 57.1 Å². The molecular formula is C35H36F5N7O3S. The van der Waals surface area contributed by atoms with Crippen LogP contribution >= 0.6 is 11.3 Å². The van der Waals surface area contributed by atoms with E-state index in [9.17, 15) is 9.18 Å². The predicted molar refractivity (Wildman–Crippen MR) is 186 cm³/mol. The zero-order valence-electron chi connectivity index (χ0n) is 28.4. The van der Waals surface area contributed by atoms with Gasteiger partial charge in [0.2, 0.25) is 11.6 Å². The van der Waals surface area contributed by atoms with Gasteiger partial charge >= 0.3 is 12.2 Å². The molecule has 4 aromatic rings. The summed E-state index contributed by atoms with van der Waals surface area (Å²) in [5.74, 6) is -2.45. The third-order valence-corrected chi connectivity index (χ3v) is 11.0. The smallest absolute Gasteiger partial charge is 0.417 e. The van der Waals surface area contributed by atoms with Gasteiger partial charge in [0.25, 0.3) is 0 Å². The van der Waals surface area contributed by atoms with Crippen molar-refractivity contribution in [1.29, 1.82) is 0 Å². The Morgan fingerprint density at radius 2 is 2.04 bits per heavy atom. The number of methoxy groups -OCH3 is 1. The topological polar surface area (TPSA) is 101 Å². The minimum atomic E-state index is -5.10. The van der Waals surface area contributed by atoms with Crippen LogP contribution in [0.1, 0.15) is 32.3 Å². The number of ether oxygens (including phenoxy) is 2. The largest absolute Gasteiger partial charge is 0.462 e. The third-order valence-electron chi connectivity index (χ3n) is 9.94. The Morgan fingerprint density at radius 3 is 2.67 bits per heavy atom. The number of hydrogen-bond acceptors (Lipinski definition) is 9. The number of alkyl halides is 3. The van der Waals surface area contributed by atoms with Gasteiger partial charge < -0.3 is 25.0 Å². The van der Waals surface area contributed by atoms with Crippen molar-refractivity contribution in [3.05, 3.63) is 59.5 Å². The fourth-order valence-electron chi connectivity index (χ4n) is 7.33. The van der Waals surface area contributed by atoms with Gasteiger partial charge in [0.1, 0.15) is 23.8 Å². The van der Waals surface area contributed by atoms with E-state index in [-0.39, 0.29) is 74.8 Å². The second-order valence-corrected chi connectivity index (χ2v) is 13.7. The molecule has 0 saturated carbocycles. The SMILES string of the molecule is [C-]#[N+]c1c(N)sc2c(F)ccc(-c3c(C(F)(F)F)cc4c(N(CC)C5CCN(C(=O)C=C)[C@@H]5C)nc(OC[C@@H]5C[C@@H](OC)CN5C)nc4c3F)c12. The number of aromatic nitrogens is 2. The standard InChI is InChI=1S/C35H36F5N7O3S/c1-7-25(48)47-12-11-24(17(47)3)46(8-2)33-21-14-22(35(38,39)40)26(20-9-10-23(36)31-27(20)30(42-4)32(41)51-31)28(37)29(21)43-34(44-33)50-16-18-13-19(49-6)15-45(18)5/h7,9-10,14,17-19,24H,1,8,11-13,15-16,41H2,2-3,5-6H3/t17-,18+,19-,24?/m1/s1. The summed E-state index contributed by atoms with van der Waals surface area (Å²) in [6.07, 6.45) is -2.83. The molecule has 0 aliphatic carbocycles. The number of likely N-dealkylation sites (N-methyl/N-ethyl adjacent to an activating group) is 2. The number of nitrogens with zero attached hydrogens (tertiary/aromatic N) is 6. The molecule has 4 heterocycles. The number of thiophene rings is 1. The van der Waals surface area contributed by atoms with Crippen LogP contribution in [0.5, 0.6) is 6.01 Å². The van der Waals surface area contributed by atoms with Gasteiger partial charge in [-0.15, -0.1) is 11.3 Å². The molecule has 2 aliphatic rings. The number of hydrogen-bond donors (Lipinski definition) is 1. The molecule has 270 valence electrons. The van der Waals surface area contributed by atoms with Gasteiger partial charge in [0.15, 0.2) is 5.82 Å². The van der Waals surface area contributed by atoms with E-state index in [1.165, 1.54) is 6.08 Å². The highest BCUT2D eigenvalue weighted by Gasteiger charge is 2.41. The van der Waals surface area contributed by atoms with E-state index in [2.05, 4.69) is 21.4 Å². The van der Waals surface area contributed by atoms with Crippen molar-refractivity contribution in [3.8, 4) is 17.1 Å². The quantitative estimate of drug-likeness (QED) is 0.111. The van der Waals surface area contributed by atoms with Crippen molar-refractivity contribution in [1.82, 2.24) is 19.8 Å². The molecule has 2 aromatic carbocycles. The zero-order valence-corrected chi connectivity index (χ0v) is 29.2. The van der Waals surface area contributed by atoms with Crippen LogP contribution in [0.15, 0.2) is 30.9 Å². The van der Waals surface area contributed by atoms with Crippen molar-refractivity contribution in [2.75, 3.05) is 51.0 Å². The molecule has 0 radical (unpaired) electrons. The molecule has 2 N–H and O–H groups in total. The summed E-state index contributed by atoms with van der Waals surface area (Å²) >= 11 is 0.698. The van der Waals surface area contributed by atoms with E-state index in [1.54, 1.807) is 23.8 Å². The molecule has 0 bridgehead atoms. The highest BCUT2D eigenvalue weighted by atomic mass is 32.1. The Balaban J connectivity index is 1.60. The second-order valence-electron chi connectivity index (χ2n) is 12.7. The Morgan fingerprint density at radius 1 is 1.29 bits per heavy atom. The number of rotatable bonds is 9. The summed E-state index contributed by atoms with van der Waals surface area (Å²) in [4.78, 5) is 30.3. The van der Waals surface area contributed by atoms with Gasteiger partial charge in [0.05, 0.1) is 34.0 Å². The van der Waals surface area contributed by atoms with E-state index in [4.69, 9.17) is 21.8 Å². The average Bonchev–Trinajstić information content (AvgIpc) is 3.77. The monoisotopic (exact) mass is 729 g/mol. The number of nitrogen functional groups attached to an aromatic ring is 1. The zero-order chi connectivity index (χ0) is 36.9. The summed E-state index contributed by atoms with van der Waals surface area (Å²) in [5.41, 5.74) is 2.63. The normalized spacial score (nSPS) is 21.1. The Hall–Kier alpha value is -4.59. The summed E-state index contributed by atoms with van der Waals surface area (Å²) < 4.78 is 88.7. The number of amides is 1. The molecule has 0 spiro atoms. The maximum Gasteiger partial charge on any atom is 0.417 e. The van der Waals surface area contributed by atoms with E-state index in [1.807, 2.05) is 18.9 Å². The van der Waals surface area contributed by atoms with Crippen molar-refractivity contribution in [2.24, 2.45) is 0 Å². The first-order chi connectivity index (χ1) is 24.2. The lowest BCUT2D eigenvalue weighted by Gasteiger charge is -2.34. The van der Waals surface area contributed by atoms with Crippen LogP contribution in [-0.4, -0.2) is 90.3 Å². The van der Waals surface area contributed by atoms with Gasteiger partial charge in [-0.25, -0.2) is 13.6 Å². The van der Waals surface area contributed by atoms with Crippen LogP contribution in [-0.2, 0) is 15.7 Å². The number of carbonyl (C=O) groups is 1. The molecule has 10 nitrogen and oxygen atoms in total. The van der Waals surface area contributed by atoms with E-state index in [0.717, 1.165) is 18.2 Å². The third kappa shape index (κ3) is 6.31. The molecule has 4 atom stereocenters. The number of benzene rings is 2. The van der Waals surface area contributed by atoms with Crippen molar-refractivity contribution < 1.29 is 36.2 Å². The maximum absolute atomic E-state index is 17.2. The molecule has 51 heavy (non-hydrogen) atoms. The highest BCUT2D eigenvalue weighted by Crippen LogP contribution is 2.50. The fraction of sp³-hybridized carbons (Fsp3) is 0.429. The van der Waals surface area contributed by atoms with Crippen LogP contribution in [0.4, 0.5) is 38.5 Å². The molecule has 16 heteroatoms.